The van der Waals surface area contributed by atoms with E-state index in [-0.39, 0.29) is 10.8 Å². The zero-order valence-electron chi connectivity index (χ0n) is 13.1. The molecule has 2 N–H and O–H groups in total. The van der Waals surface area contributed by atoms with Gasteiger partial charge in [0.25, 0.3) is 5.91 Å². The molecule has 2 heterocycles. The summed E-state index contributed by atoms with van der Waals surface area (Å²) < 4.78 is 24.3. The number of primary sulfonamides is 1. The highest BCUT2D eigenvalue weighted by Gasteiger charge is 2.24. The van der Waals surface area contributed by atoms with E-state index in [4.69, 9.17) is 5.14 Å². The quantitative estimate of drug-likeness (QED) is 0.863. The average molecular weight is 349 g/mol. The van der Waals surface area contributed by atoms with E-state index in [0.29, 0.717) is 24.6 Å². The van der Waals surface area contributed by atoms with Crippen LogP contribution < -0.4 is 5.14 Å². The second-order valence-corrected chi connectivity index (χ2v) is 7.49. The lowest BCUT2D eigenvalue weighted by Crippen LogP contribution is -2.39. The Bertz CT molecular complexity index is 794. The van der Waals surface area contributed by atoms with Crippen LogP contribution in [0.5, 0.6) is 0 Å². The van der Waals surface area contributed by atoms with Gasteiger partial charge in [-0.1, -0.05) is 5.21 Å². The topological polar surface area (TPSA) is 111 Å². The highest BCUT2D eigenvalue weighted by molar-refractivity contribution is 7.89. The highest BCUT2D eigenvalue weighted by atomic mass is 32.2. The van der Waals surface area contributed by atoms with Gasteiger partial charge in [0, 0.05) is 31.4 Å². The van der Waals surface area contributed by atoms with Gasteiger partial charge in [0.1, 0.15) is 0 Å². The number of amides is 1. The number of benzene rings is 1. The fourth-order valence-electron chi connectivity index (χ4n) is 2.88. The van der Waals surface area contributed by atoms with Gasteiger partial charge in [-0.25, -0.2) is 13.6 Å². The van der Waals surface area contributed by atoms with Crippen LogP contribution in [0.3, 0.4) is 0 Å². The first-order valence-corrected chi connectivity index (χ1v) is 9.24. The molecule has 3 rings (SSSR count). The van der Waals surface area contributed by atoms with Crippen LogP contribution >= 0.6 is 0 Å². The second kappa shape index (κ2) is 6.70. The molecule has 0 radical (unpaired) electrons. The van der Waals surface area contributed by atoms with Gasteiger partial charge in [0.05, 0.1) is 11.1 Å². The van der Waals surface area contributed by atoms with Gasteiger partial charge in [-0.05, 0) is 43.0 Å². The number of nitrogens with two attached hydrogens (primary N) is 1. The van der Waals surface area contributed by atoms with Crippen LogP contribution in [0.2, 0.25) is 0 Å². The standard InChI is InChI=1S/C15H19N5O3S/c16-24(22,23)14-3-1-13(2-4-14)15(21)19-8-5-12(6-9-19)11-20-10-7-17-18-20/h1-4,7,10,12H,5-6,8-9,11H2,(H2,16,22,23). The number of rotatable bonds is 4. The molecule has 8 nitrogen and oxygen atoms in total. The molecule has 1 aliphatic heterocycles. The lowest BCUT2D eigenvalue weighted by Gasteiger charge is -2.32. The van der Waals surface area contributed by atoms with Crippen molar-refractivity contribution in [3.05, 3.63) is 42.2 Å². The summed E-state index contributed by atoms with van der Waals surface area (Å²) >= 11 is 0. The average Bonchev–Trinajstić information content (AvgIpc) is 3.07. The fourth-order valence-corrected chi connectivity index (χ4v) is 3.40. The SMILES string of the molecule is NS(=O)(=O)c1ccc(C(=O)N2CCC(Cn3ccnn3)CC2)cc1. The Morgan fingerprint density at radius 3 is 2.42 bits per heavy atom. The molecular formula is C15H19N5O3S. The molecule has 0 atom stereocenters. The molecule has 1 aromatic heterocycles. The van der Waals surface area contributed by atoms with Crippen molar-refractivity contribution in [2.45, 2.75) is 24.3 Å². The summed E-state index contributed by atoms with van der Waals surface area (Å²) in [5, 5.41) is 12.8. The number of likely N-dealkylation sites (tertiary alicyclic amines) is 1. The number of hydrogen-bond acceptors (Lipinski definition) is 5. The molecule has 2 aromatic rings. The smallest absolute Gasteiger partial charge is 0.253 e. The zero-order valence-corrected chi connectivity index (χ0v) is 13.9. The third-order valence-corrected chi connectivity index (χ3v) is 5.18. The number of sulfonamides is 1. The number of carbonyl (C=O) groups excluding carboxylic acids is 1. The molecule has 24 heavy (non-hydrogen) atoms. The fraction of sp³-hybridized carbons (Fsp3) is 0.400. The first-order valence-electron chi connectivity index (χ1n) is 7.70. The van der Waals surface area contributed by atoms with E-state index in [1.807, 2.05) is 10.9 Å². The van der Waals surface area contributed by atoms with Gasteiger partial charge >= 0.3 is 0 Å². The van der Waals surface area contributed by atoms with Crippen LogP contribution in [0.1, 0.15) is 23.2 Å². The first kappa shape index (κ1) is 16.6. The van der Waals surface area contributed by atoms with Crippen LogP contribution in [0.15, 0.2) is 41.6 Å². The van der Waals surface area contributed by atoms with E-state index in [9.17, 15) is 13.2 Å². The van der Waals surface area contributed by atoms with Crippen LogP contribution in [0.4, 0.5) is 0 Å². The van der Waals surface area contributed by atoms with E-state index >= 15 is 0 Å². The number of aromatic nitrogens is 3. The van der Waals surface area contributed by atoms with Gasteiger partial charge in [0.15, 0.2) is 0 Å². The van der Waals surface area contributed by atoms with Gasteiger partial charge < -0.3 is 4.90 Å². The molecule has 0 unspecified atom stereocenters. The van der Waals surface area contributed by atoms with E-state index in [1.165, 1.54) is 24.3 Å². The maximum Gasteiger partial charge on any atom is 0.253 e. The largest absolute Gasteiger partial charge is 0.339 e. The second-order valence-electron chi connectivity index (χ2n) is 5.93. The minimum absolute atomic E-state index is 0.00518. The van der Waals surface area contributed by atoms with Gasteiger partial charge in [0.2, 0.25) is 10.0 Å². The Kier molecular flexibility index (Phi) is 4.63. The van der Waals surface area contributed by atoms with Crippen molar-refractivity contribution in [2.24, 2.45) is 11.1 Å². The summed E-state index contributed by atoms with van der Waals surface area (Å²) in [6, 6.07) is 5.73. The Morgan fingerprint density at radius 2 is 1.88 bits per heavy atom. The number of nitrogens with zero attached hydrogens (tertiary/aromatic N) is 4. The van der Waals surface area contributed by atoms with E-state index in [2.05, 4.69) is 10.3 Å². The molecule has 0 saturated carbocycles. The summed E-state index contributed by atoms with van der Waals surface area (Å²) in [5.74, 6) is 0.385. The third-order valence-electron chi connectivity index (χ3n) is 4.25. The van der Waals surface area contributed by atoms with Gasteiger partial charge in [-0.3, -0.25) is 9.48 Å². The van der Waals surface area contributed by atoms with Crippen molar-refractivity contribution in [2.75, 3.05) is 13.1 Å². The molecule has 9 heteroatoms. The van der Waals surface area contributed by atoms with Crippen molar-refractivity contribution >= 4 is 15.9 Å². The van der Waals surface area contributed by atoms with E-state index in [0.717, 1.165) is 19.4 Å². The zero-order chi connectivity index (χ0) is 17.2. The molecule has 1 aromatic carbocycles. The molecule has 0 aliphatic carbocycles. The normalized spacial score (nSPS) is 16.3. The summed E-state index contributed by atoms with van der Waals surface area (Å²) in [6.45, 7) is 2.16. The predicted molar refractivity (Wildman–Crippen MR) is 86.5 cm³/mol. The van der Waals surface area contributed by atoms with Crippen LogP contribution in [0, 0.1) is 5.92 Å². The molecule has 0 bridgehead atoms. The Morgan fingerprint density at radius 1 is 1.21 bits per heavy atom. The number of piperidine rings is 1. The molecule has 0 spiro atoms. The molecule has 128 valence electrons. The minimum atomic E-state index is -3.74. The number of hydrogen-bond donors (Lipinski definition) is 1. The molecule has 1 aliphatic rings. The number of carbonyl (C=O) groups is 1. The van der Waals surface area contributed by atoms with Crippen molar-refractivity contribution in [1.29, 1.82) is 0 Å². The highest BCUT2D eigenvalue weighted by Crippen LogP contribution is 2.21. The Labute approximate surface area is 140 Å². The van der Waals surface area contributed by atoms with E-state index in [1.54, 1.807) is 11.1 Å². The lowest BCUT2D eigenvalue weighted by atomic mass is 9.96. The Balaban J connectivity index is 1.59. The third kappa shape index (κ3) is 3.80. The lowest BCUT2D eigenvalue weighted by molar-refractivity contribution is 0.0681. The summed E-state index contributed by atoms with van der Waals surface area (Å²) in [7, 11) is -3.74. The van der Waals surface area contributed by atoms with Crippen LogP contribution in [0.25, 0.3) is 0 Å². The van der Waals surface area contributed by atoms with Crippen LogP contribution in [-0.2, 0) is 16.6 Å². The van der Waals surface area contributed by atoms with Crippen molar-refractivity contribution in [3.63, 3.8) is 0 Å². The van der Waals surface area contributed by atoms with Gasteiger partial charge in [-0.15, -0.1) is 5.10 Å². The molecular weight excluding hydrogens is 330 g/mol. The molecule has 1 fully saturated rings. The summed E-state index contributed by atoms with van der Waals surface area (Å²) in [5.41, 5.74) is 0.470. The summed E-state index contributed by atoms with van der Waals surface area (Å²) in [6.07, 6.45) is 5.30. The van der Waals surface area contributed by atoms with Gasteiger partial charge in [-0.2, -0.15) is 0 Å². The monoisotopic (exact) mass is 349 g/mol. The Hall–Kier alpha value is -2.26. The first-order chi connectivity index (χ1) is 11.4. The minimum Gasteiger partial charge on any atom is -0.339 e. The predicted octanol–water partition coefficient (Wildman–Crippen LogP) is 0.478. The maximum atomic E-state index is 12.5. The maximum absolute atomic E-state index is 12.5. The molecule has 1 saturated heterocycles. The van der Waals surface area contributed by atoms with Crippen molar-refractivity contribution in [3.8, 4) is 0 Å². The summed E-state index contributed by atoms with van der Waals surface area (Å²) in [4.78, 5) is 14.3. The van der Waals surface area contributed by atoms with E-state index < -0.39 is 10.0 Å². The van der Waals surface area contributed by atoms with Crippen molar-refractivity contribution in [1.82, 2.24) is 19.9 Å². The van der Waals surface area contributed by atoms with Crippen LogP contribution in [-0.4, -0.2) is 47.3 Å². The van der Waals surface area contributed by atoms with Crippen molar-refractivity contribution < 1.29 is 13.2 Å². The molecule has 1 amide bonds.